The van der Waals surface area contributed by atoms with E-state index >= 15 is 0 Å². The fraction of sp³-hybridized carbons (Fsp3) is 0.615. The normalized spacial score (nSPS) is 18.4. The zero-order valence-corrected chi connectivity index (χ0v) is 11.0. The number of aromatic carboxylic acids is 1. The van der Waals surface area contributed by atoms with Crippen LogP contribution in [0, 0.1) is 12.8 Å². The first-order chi connectivity index (χ1) is 9.27. The Balaban J connectivity index is 1.93. The van der Waals surface area contributed by atoms with Crippen molar-refractivity contribution in [3.8, 4) is 0 Å². The molecule has 0 atom stereocenters. The van der Waals surface area contributed by atoms with Crippen molar-refractivity contribution in [1.82, 2.24) is 4.90 Å². The molecular weight excluding hydrogens is 275 g/mol. The van der Waals surface area contributed by atoms with Gasteiger partial charge in [-0.25, -0.2) is 4.79 Å². The van der Waals surface area contributed by atoms with Gasteiger partial charge in [-0.05, 0) is 38.9 Å². The number of carboxylic acids is 1. The molecule has 1 aromatic heterocycles. The smallest absolute Gasteiger partial charge is 0.391 e. The van der Waals surface area contributed by atoms with E-state index in [0.717, 1.165) is 0 Å². The largest absolute Gasteiger partial charge is 0.478 e. The molecule has 0 aromatic carbocycles. The number of nitrogens with zero attached hydrogens (tertiary/aromatic N) is 1. The molecule has 112 valence electrons. The monoisotopic (exact) mass is 291 g/mol. The van der Waals surface area contributed by atoms with Crippen LogP contribution in [0.15, 0.2) is 10.5 Å². The standard InChI is InChI=1S/C13H16F3NO3/c1-8-11(12(18)19)6-10(20-8)7-17-4-2-9(3-5-17)13(14,15)16/h6,9H,2-5,7H2,1H3,(H,18,19). The number of aryl methyl sites for hydroxylation is 1. The van der Waals surface area contributed by atoms with Gasteiger partial charge < -0.3 is 9.52 Å². The van der Waals surface area contributed by atoms with Crippen LogP contribution in [0.4, 0.5) is 13.2 Å². The van der Waals surface area contributed by atoms with Crippen molar-refractivity contribution in [3.05, 3.63) is 23.2 Å². The summed E-state index contributed by atoms with van der Waals surface area (Å²) in [6.07, 6.45) is -3.96. The van der Waals surface area contributed by atoms with Crippen LogP contribution in [0.2, 0.25) is 0 Å². The van der Waals surface area contributed by atoms with Gasteiger partial charge in [-0.2, -0.15) is 13.2 Å². The van der Waals surface area contributed by atoms with Crippen LogP contribution in [0.25, 0.3) is 0 Å². The fourth-order valence-electron chi connectivity index (χ4n) is 2.47. The molecule has 1 fully saturated rings. The van der Waals surface area contributed by atoms with Gasteiger partial charge >= 0.3 is 12.1 Å². The highest BCUT2D eigenvalue weighted by atomic mass is 19.4. The van der Waals surface area contributed by atoms with Gasteiger partial charge in [0, 0.05) is 0 Å². The lowest BCUT2D eigenvalue weighted by atomic mass is 9.96. The number of alkyl halides is 3. The number of carboxylic acid groups (broad SMARTS) is 1. The minimum Gasteiger partial charge on any atom is -0.478 e. The molecule has 0 unspecified atom stereocenters. The Morgan fingerprint density at radius 2 is 2.05 bits per heavy atom. The number of hydrogen-bond donors (Lipinski definition) is 1. The third kappa shape index (κ3) is 3.33. The van der Waals surface area contributed by atoms with Gasteiger partial charge in [-0.3, -0.25) is 4.90 Å². The topological polar surface area (TPSA) is 53.7 Å². The third-order valence-corrected chi connectivity index (χ3v) is 3.63. The second kappa shape index (κ2) is 5.47. The highest BCUT2D eigenvalue weighted by Gasteiger charge is 2.41. The van der Waals surface area contributed by atoms with Crippen molar-refractivity contribution in [2.24, 2.45) is 5.92 Å². The summed E-state index contributed by atoms with van der Waals surface area (Å²) >= 11 is 0. The molecule has 0 spiro atoms. The van der Waals surface area contributed by atoms with Gasteiger partial charge in [0.25, 0.3) is 0 Å². The van der Waals surface area contributed by atoms with E-state index in [2.05, 4.69) is 0 Å². The van der Waals surface area contributed by atoms with Crippen molar-refractivity contribution >= 4 is 5.97 Å². The Kier molecular flexibility index (Phi) is 4.08. The molecule has 4 nitrogen and oxygen atoms in total. The maximum Gasteiger partial charge on any atom is 0.391 e. The number of hydrogen-bond acceptors (Lipinski definition) is 3. The predicted molar refractivity (Wildman–Crippen MR) is 64.5 cm³/mol. The summed E-state index contributed by atoms with van der Waals surface area (Å²) in [7, 11) is 0. The summed E-state index contributed by atoms with van der Waals surface area (Å²) in [6, 6.07) is 1.44. The van der Waals surface area contributed by atoms with Crippen molar-refractivity contribution in [2.45, 2.75) is 32.5 Å². The van der Waals surface area contributed by atoms with Crippen molar-refractivity contribution in [1.29, 1.82) is 0 Å². The maximum absolute atomic E-state index is 12.5. The predicted octanol–water partition coefficient (Wildman–Crippen LogP) is 3.06. The average Bonchev–Trinajstić information content (AvgIpc) is 2.70. The molecule has 2 rings (SSSR count). The Labute approximate surface area is 114 Å². The second-order valence-corrected chi connectivity index (χ2v) is 5.08. The van der Waals surface area contributed by atoms with Gasteiger partial charge in [0.1, 0.15) is 17.1 Å². The molecule has 1 aromatic rings. The van der Waals surface area contributed by atoms with Crippen LogP contribution in [-0.4, -0.2) is 35.2 Å². The lowest BCUT2D eigenvalue weighted by molar-refractivity contribution is -0.185. The molecule has 0 amide bonds. The lowest BCUT2D eigenvalue weighted by Crippen LogP contribution is -2.38. The van der Waals surface area contributed by atoms with Gasteiger partial charge in [0.2, 0.25) is 0 Å². The molecule has 7 heteroatoms. The first-order valence-electron chi connectivity index (χ1n) is 6.39. The van der Waals surface area contributed by atoms with E-state index in [1.807, 2.05) is 4.90 Å². The minimum absolute atomic E-state index is 0.0784. The molecule has 1 saturated heterocycles. The van der Waals surface area contributed by atoms with Crippen LogP contribution in [0.1, 0.15) is 34.7 Å². The van der Waals surface area contributed by atoms with E-state index in [4.69, 9.17) is 9.52 Å². The first kappa shape index (κ1) is 14.9. The highest BCUT2D eigenvalue weighted by Crippen LogP contribution is 2.34. The summed E-state index contributed by atoms with van der Waals surface area (Å²) in [5, 5.41) is 8.91. The van der Waals surface area contributed by atoms with Crippen LogP contribution < -0.4 is 0 Å². The average molecular weight is 291 g/mol. The van der Waals surface area contributed by atoms with Gasteiger partial charge in [-0.1, -0.05) is 0 Å². The SMILES string of the molecule is Cc1oc(CN2CCC(C(F)(F)F)CC2)cc1C(=O)O. The summed E-state index contributed by atoms with van der Waals surface area (Å²) in [5.74, 6) is -1.50. The number of likely N-dealkylation sites (tertiary alicyclic amines) is 1. The summed E-state index contributed by atoms with van der Waals surface area (Å²) < 4.78 is 42.9. The number of furan rings is 1. The Hall–Kier alpha value is -1.50. The van der Waals surface area contributed by atoms with Gasteiger partial charge in [0.05, 0.1) is 12.5 Å². The Morgan fingerprint density at radius 3 is 2.50 bits per heavy atom. The molecule has 20 heavy (non-hydrogen) atoms. The number of carbonyl (C=O) groups is 1. The zero-order valence-electron chi connectivity index (χ0n) is 11.0. The second-order valence-electron chi connectivity index (χ2n) is 5.08. The van der Waals surface area contributed by atoms with Crippen molar-refractivity contribution in [3.63, 3.8) is 0 Å². The van der Waals surface area contributed by atoms with Crippen molar-refractivity contribution < 1.29 is 27.5 Å². The molecule has 0 saturated carbocycles. The van der Waals surface area contributed by atoms with Crippen LogP contribution in [-0.2, 0) is 6.54 Å². The summed E-state index contributed by atoms with van der Waals surface area (Å²) in [5.41, 5.74) is 0.102. The molecule has 1 aliphatic rings. The van der Waals surface area contributed by atoms with E-state index in [0.29, 0.717) is 31.2 Å². The number of halogens is 3. The quantitative estimate of drug-likeness (QED) is 0.930. The molecule has 0 bridgehead atoms. The van der Waals surface area contributed by atoms with Gasteiger partial charge in [0.15, 0.2) is 0 Å². The lowest BCUT2D eigenvalue weighted by Gasteiger charge is -2.32. The maximum atomic E-state index is 12.5. The molecule has 0 aliphatic carbocycles. The number of rotatable bonds is 3. The van der Waals surface area contributed by atoms with E-state index in [-0.39, 0.29) is 18.4 Å². The van der Waals surface area contributed by atoms with Gasteiger partial charge in [-0.15, -0.1) is 0 Å². The molecule has 1 aliphatic heterocycles. The molecule has 1 N–H and O–H groups in total. The molecule has 0 radical (unpaired) electrons. The minimum atomic E-state index is -4.12. The third-order valence-electron chi connectivity index (χ3n) is 3.63. The van der Waals surface area contributed by atoms with E-state index in [1.54, 1.807) is 6.92 Å². The molecular formula is C13H16F3NO3. The van der Waals surface area contributed by atoms with E-state index in [1.165, 1.54) is 6.07 Å². The van der Waals surface area contributed by atoms with E-state index in [9.17, 15) is 18.0 Å². The fourth-order valence-corrected chi connectivity index (χ4v) is 2.47. The highest BCUT2D eigenvalue weighted by molar-refractivity contribution is 5.88. The van der Waals surface area contributed by atoms with Crippen LogP contribution in [0.3, 0.4) is 0 Å². The number of piperidine rings is 1. The molecule has 2 heterocycles. The van der Waals surface area contributed by atoms with E-state index < -0.39 is 18.1 Å². The van der Waals surface area contributed by atoms with Crippen LogP contribution >= 0.6 is 0 Å². The zero-order chi connectivity index (χ0) is 14.9. The first-order valence-corrected chi connectivity index (χ1v) is 6.39. The Bertz CT molecular complexity index is 488. The van der Waals surface area contributed by atoms with Crippen molar-refractivity contribution in [2.75, 3.05) is 13.1 Å². The van der Waals surface area contributed by atoms with Crippen LogP contribution in [0.5, 0.6) is 0 Å². The Morgan fingerprint density at radius 1 is 1.45 bits per heavy atom. The summed E-state index contributed by atoms with van der Waals surface area (Å²) in [6.45, 7) is 2.58. The summed E-state index contributed by atoms with van der Waals surface area (Å²) in [4.78, 5) is 12.7.